The van der Waals surface area contributed by atoms with Gasteiger partial charge in [-0.1, -0.05) is 18.0 Å². The molecule has 1 aliphatic rings. The third-order valence-corrected chi connectivity index (χ3v) is 2.45. The van der Waals surface area contributed by atoms with E-state index in [1.807, 2.05) is 0 Å². The Balaban J connectivity index is 2.38. The normalized spacial score (nSPS) is 31.4. The van der Waals surface area contributed by atoms with Gasteiger partial charge in [0.15, 0.2) is 0 Å². The van der Waals surface area contributed by atoms with Crippen LogP contribution in [0.5, 0.6) is 0 Å². The number of nitrogens with two attached hydrogens (primary N) is 1. The topological polar surface area (TPSA) is 74.8 Å². The molecule has 0 radical (unpaired) electrons. The van der Waals surface area contributed by atoms with Gasteiger partial charge in [-0.05, 0) is 31.2 Å². The largest absolute Gasteiger partial charge is 0.328 e. The van der Waals surface area contributed by atoms with Gasteiger partial charge in [0.05, 0.1) is 0 Å². The lowest BCUT2D eigenvalue weighted by Gasteiger charge is -2.18. The first-order valence-corrected chi connectivity index (χ1v) is 4.62. The minimum Gasteiger partial charge on any atom is -0.328 e. The highest BCUT2D eigenvalue weighted by Gasteiger charge is 2.12. The van der Waals surface area contributed by atoms with Crippen molar-refractivity contribution < 1.29 is 0 Å². The van der Waals surface area contributed by atoms with E-state index in [2.05, 4.69) is 10.0 Å². The molecule has 0 aromatic carbocycles. The van der Waals surface area contributed by atoms with Crippen LogP contribution < -0.4 is 5.73 Å². The summed E-state index contributed by atoms with van der Waals surface area (Å²) in [7, 11) is 0. The first-order valence-electron chi connectivity index (χ1n) is 4.62. The van der Waals surface area contributed by atoms with Crippen LogP contribution >= 0.6 is 0 Å². The molecular formula is C8H16N4. The van der Waals surface area contributed by atoms with E-state index in [4.69, 9.17) is 11.3 Å². The van der Waals surface area contributed by atoms with Gasteiger partial charge in [0, 0.05) is 17.0 Å². The van der Waals surface area contributed by atoms with Crippen LogP contribution in [0.15, 0.2) is 5.11 Å². The maximum absolute atomic E-state index is 8.27. The fourth-order valence-corrected chi connectivity index (χ4v) is 1.67. The molecule has 0 heterocycles. The SMILES string of the molecule is [N-]=[N+]=NC1CCCCC(N)CC1. The molecule has 0 bridgehead atoms. The Hall–Kier alpha value is -0.730. The van der Waals surface area contributed by atoms with E-state index < -0.39 is 0 Å². The van der Waals surface area contributed by atoms with Crippen molar-refractivity contribution in [2.45, 2.75) is 50.6 Å². The van der Waals surface area contributed by atoms with Crippen molar-refractivity contribution in [3.8, 4) is 0 Å². The van der Waals surface area contributed by atoms with Gasteiger partial charge in [-0.3, -0.25) is 0 Å². The molecule has 12 heavy (non-hydrogen) atoms. The summed E-state index contributed by atoms with van der Waals surface area (Å²) in [6, 6.07) is 0.517. The molecule has 1 fully saturated rings. The second-order valence-corrected chi connectivity index (χ2v) is 3.48. The average molecular weight is 168 g/mol. The quantitative estimate of drug-likeness (QED) is 0.364. The van der Waals surface area contributed by atoms with Crippen LogP contribution in [-0.4, -0.2) is 12.1 Å². The molecule has 2 N–H and O–H groups in total. The van der Waals surface area contributed by atoms with Crippen molar-refractivity contribution in [1.29, 1.82) is 0 Å². The molecular weight excluding hydrogens is 152 g/mol. The molecule has 0 aromatic rings. The summed E-state index contributed by atoms with van der Waals surface area (Å²) >= 11 is 0. The summed E-state index contributed by atoms with van der Waals surface area (Å²) in [4.78, 5) is 2.84. The lowest BCUT2D eigenvalue weighted by atomic mass is 9.94. The highest BCUT2D eigenvalue weighted by molar-refractivity contribution is 4.74. The van der Waals surface area contributed by atoms with Crippen molar-refractivity contribution in [3.05, 3.63) is 10.4 Å². The zero-order valence-electron chi connectivity index (χ0n) is 7.32. The van der Waals surface area contributed by atoms with Crippen molar-refractivity contribution in [1.82, 2.24) is 0 Å². The van der Waals surface area contributed by atoms with Crippen LogP contribution in [-0.2, 0) is 0 Å². The lowest BCUT2D eigenvalue weighted by Crippen LogP contribution is -2.23. The van der Waals surface area contributed by atoms with Gasteiger partial charge in [0.1, 0.15) is 0 Å². The summed E-state index contributed by atoms with van der Waals surface area (Å²) in [5.74, 6) is 0. The Bertz CT molecular complexity index is 174. The van der Waals surface area contributed by atoms with Crippen LogP contribution in [0, 0.1) is 0 Å². The van der Waals surface area contributed by atoms with E-state index in [1.165, 1.54) is 6.42 Å². The third kappa shape index (κ3) is 3.11. The van der Waals surface area contributed by atoms with Gasteiger partial charge in [-0.2, -0.15) is 0 Å². The molecule has 1 saturated carbocycles. The fourth-order valence-electron chi connectivity index (χ4n) is 1.67. The molecule has 1 aliphatic carbocycles. The summed E-state index contributed by atoms with van der Waals surface area (Å²) in [5.41, 5.74) is 14.1. The predicted molar refractivity (Wildman–Crippen MR) is 48.6 cm³/mol. The minimum atomic E-state index is 0.196. The standard InChI is InChI=1S/C8H16N4/c9-7-3-1-2-4-8(6-5-7)11-12-10/h7-8H,1-6,9H2. The smallest absolute Gasteiger partial charge is 0.0374 e. The molecule has 1 rings (SSSR count). The molecule has 0 spiro atoms. The van der Waals surface area contributed by atoms with Crippen molar-refractivity contribution >= 4 is 0 Å². The first-order chi connectivity index (χ1) is 5.83. The Morgan fingerprint density at radius 3 is 2.67 bits per heavy atom. The second-order valence-electron chi connectivity index (χ2n) is 3.48. The van der Waals surface area contributed by atoms with E-state index in [0.29, 0.717) is 6.04 Å². The Labute approximate surface area is 72.8 Å². The van der Waals surface area contributed by atoms with Gasteiger partial charge < -0.3 is 5.73 Å². The third-order valence-electron chi connectivity index (χ3n) is 2.45. The molecule has 4 nitrogen and oxygen atoms in total. The van der Waals surface area contributed by atoms with Crippen LogP contribution in [0.4, 0.5) is 0 Å². The maximum atomic E-state index is 8.27. The second kappa shape index (κ2) is 5.01. The van der Waals surface area contributed by atoms with E-state index in [-0.39, 0.29) is 6.04 Å². The van der Waals surface area contributed by atoms with E-state index in [0.717, 1.165) is 32.1 Å². The summed E-state index contributed by atoms with van der Waals surface area (Å²) < 4.78 is 0. The fraction of sp³-hybridized carbons (Fsp3) is 1.00. The van der Waals surface area contributed by atoms with Crippen LogP contribution in [0.3, 0.4) is 0 Å². The van der Waals surface area contributed by atoms with Crippen molar-refractivity contribution in [3.63, 3.8) is 0 Å². The van der Waals surface area contributed by atoms with Gasteiger partial charge in [-0.15, -0.1) is 0 Å². The molecule has 0 saturated heterocycles. The maximum Gasteiger partial charge on any atom is 0.0374 e. The minimum absolute atomic E-state index is 0.196. The van der Waals surface area contributed by atoms with Crippen LogP contribution in [0.1, 0.15) is 38.5 Å². The Morgan fingerprint density at radius 1 is 1.17 bits per heavy atom. The molecule has 2 atom stereocenters. The summed E-state index contributed by atoms with van der Waals surface area (Å²) in [6.45, 7) is 0. The molecule has 0 amide bonds. The van der Waals surface area contributed by atoms with Gasteiger partial charge in [0.2, 0.25) is 0 Å². The lowest BCUT2D eigenvalue weighted by molar-refractivity contribution is 0.416. The number of rotatable bonds is 1. The van der Waals surface area contributed by atoms with Gasteiger partial charge >= 0.3 is 0 Å². The van der Waals surface area contributed by atoms with Crippen LogP contribution in [0.25, 0.3) is 10.4 Å². The molecule has 0 aromatic heterocycles. The van der Waals surface area contributed by atoms with Gasteiger partial charge in [0.25, 0.3) is 0 Å². The molecule has 0 aliphatic heterocycles. The van der Waals surface area contributed by atoms with Gasteiger partial charge in [-0.25, -0.2) is 0 Å². The summed E-state index contributed by atoms with van der Waals surface area (Å²) in [6.07, 6.45) is 6.46. The monoisotopic (exact) mass is 168 g/mol. The summed E-state index contributed by atoms with van der Waals surface area (Å²) in [5, 5.41) is 3.74. The Kier molecular flexibility index (Phi) is 3.91. The predicted octanol–water partition coefficient (Wildman–Crippen LogP) is 2.35. The highest BCUT2D eigenvalue weighted by Crippen LogP contribution is 2.18. The Morgan fingerprint density at radius 2 is 1.92 bits per heavy atom. The average Bonchev–Trinajstić information content (AvgIpc) is 2.04. The van der Waals surface area contributed by atoms with E-state index in [1.54, 1.807) is 0 Å². The van der Waals surface area contributed by atoms with E-state index >= 15 is 0 Å². The number of nitrogens with zero attached hydrogens (tertiary/aromatic N) is 3. The zero-order chi connectivity index (χ0) is 8.81. The molecule has 2 unspecified atom stereocenters. The molecule has 68 valence electrons. The number of azide groups is 1. The van der Waals surface area contributed by atoms with Crippen molar-refractivity contribution in [2.75, 3.05) is 0 Å². The zero-order valence-corrected chi connectivity index (χ0v) is 7.32. The highest BCUT2D eigenvalue weighted by atomic mass is 15.1. The van der Waals surface area contributed by atoms with Crippen LogP contribution in [0.2, 0.25) is 0 Å². The number of hydrogen-bond donors (Lipinski definition) is 1. The van der Waals surface area contributed by atoms with E-state index in [9.17, 15) is 0 Å². The first kappa shape index (κ1) is 9.36. The number of hydrogen-bond acceptors (Lipinski definition) is 2. The van der Waals surface area contributed by atoms with Crippen molar-refractivity contribution in [2.24, 2.45) is 10.8 Å². The molecule has 4 heteroatoms.